The molecule has 2 fully saturated rings. The van der Waals surface area contributed by atoms with E-state index in [4.69, 9.17) is 13.9 Å². The van der Waals surface area contributed by atoms with Crippen LogP contribution in [0.1, 0.15) is 37.9 Å². The van der Waals surface area contributed by atoms with E-state index in [1.165, 1.54) is 12.8 Å². The number of carbonyl (C=O) groups excluding carboxylic acids is 1. The van der Waals surface area contributed by atoms with E-state index in [0.717, 1.165) is 44.7 Å². The Hall–Kier alpha value is -1.53. The molecule has 0 radical (unpaired) electrons. The van der Waals surface area contributed by atoms with E-state index < -0.39 is 0 Å². The molecule has 2 aliphatic heterocycles. The van der Waals surface area contributed by atoms with E-state index in [1.807, 2.05) is 17.0 Å². The van der Waals surface area contributed by atoms with Crippen LogP contribution >= 0.6 is 0 Å². The maximum Gasteiger partial charge on any atom is 0.317 e. The molecule has 2 aliphatic rings. The minimum Gasteiger partial charge on any atom is -0.467 e. The molecule has 0 spiro atoms. The Bertz CT molecular complexity index is 463. The summed E-state index contributed by atoms with van der Waals surface area (Å²) in [7, 11) is 0. The second-order valence-corrected chi connectivity index (χ2v) is 6.25. The van der Waals surface area contributed by atoms with Crippen molar-refractivity contribution in [1.29, 1.82) is 0 Å². The number of amides is 2. The number of nitrogens with zero attached hydrogens (tertiary/aromatic N) is 1. The van der Waals surface area contributed by atoms with Crippen molar-refractivity contribution in [1.82, 2.24) is 10.2 Å². The highest BCUT2D eigenvalue weighted by Gasteiger charge is 2.24. The van der Waals surface area contributed by atoms with Gasteiger partial charge >= 0.3 is 6.03 Å². The molecule has 128 valence electrons. The standard InChI is InChI=1S/C17H26N2O4/c20-17(18-12-15-5-3-11-21-15)19-8-6-14(7-9-19)23-13-16-4-1-2-10-22-16/h3,5,11,14,16H,1-2,4,6-10,12-13H2,(H,18,20)/t16-/m1/s1. The van der Waals surface area contributed by atoms with Gasteiger partial charge in [0.2, 0.25) is 0 Å². The predicted octanol–water partition coefficient (Wildman–Crippen LogP) is 2.54. The number of carbonyl (C=O) groups is 1. The van der Waals surface area contributed by atoms with Crippen molar-refractivity contribution in [2.24, 2.45) is 0 Å². The van der Waals surface area contributed by atoms with Gasteiger partial charge in [0.1, 0.15) is 5.76 Å². The molecule has 1 N–H and O–H groups in total. The van der Waals surface area contributed by atoms with Crippen LogP contribution in [0.4, 0.5) is 4.79 Å². The minimum atomic E-state index is -0.0320. The molecule has 0 aromatic carbocycles. The molecule has 0 saturated carbocycles. The van der Waals surface area contributed by atoms with Crippen molar-refractivity contribution in [3.63, 3.8) is 0 Å². The van der Waals surface area contributed by atoms with Gasteiger partial charge in [-0.1, -0.05) is 0 Å². The molecular formula is C17H26N2O4. The van der Waals surface area contributed by atoms with E-state index in [-0.39, 0.29) is 18.2 Å². The van der Waals surface area contributed by atoms with Gasteiger partial charge in [-0.3, -0.25) is 0 Å². The molecule has 0 bridgehead atoms. The average molecular weight is 322 g/mol. The monoisotopic (exact) mass is 322 g/mol. The van der Waals surface area contributed by atoms with Crippen LogP contribution in [0, 0.1) is 0 Å². The van der Waals surface area contributed by atoms with Gasteiger partial charge in [-0.05, 0) is 44.2 Å². The number of hydrogen-bond donors (Lipinski definition) is 1. The van der Waals surface area contributed by atoms with E-state index >= 15 is 0 Å². The molecule has 23 heavy (non-hydrogen) atoms. The summed E-state index contributed by atoms with van der Waals surface area (Å²) in [5.41, 5.74) is 0. The number of urea groups is 1. The predicted molar refractivity (Wildman–Crippen MR) is 85.1 cm³/mol. The average Bonchev–Trinajstić information content (AvgIpc) is 3.13. The molecule has 6 nitrogen and oxygen atoms in total. The van der Waals surface area contributed by atoms with E-state index in [2.05, 4.69) is 5.32 Å². The Morgan fingerprint density at radius 3 is 2.87 bits per heavy atom. The lowest BCUT2D eigenvalue weighted by Crippen LogP contribution is -2.46. The van der Waals surface area contributed by atoms with Gasteiger partial charge in [-0.25, -0.2) is 4.79 Å². The summed E-state index contributed by atoms with van der Waals surface area (Å²) in [4.78, 5) is 14.0. The Morgan fingerprint density at radius 1 is 1.30 bits per heavy atom. The van der Waals surface area contributed by atoms with Crippen LogP contribution in [-0.2, 0) is 16.0 Å². The lowest BCUT2D eigenvalue weighted by Gasteiger charge is -2.33. The number of rotatable bonds is 5. The first kappa shape index (κ1) is 16.3. The highest BCUT2D eigenvalue weighted by Crippen LogP contribution is 2.18. The summed E-state index contributed by atoms with van der Waals surface area (Å²) < 4.78 is 16.9. The van der Waals surface area contributed by atoms with Gasteiger partial charge in [0.25, 0.3) is 0 Å². The third-order valence-electron chi connectivity index (χ3n) is 4.51. The fraction of sp³-hybridized carbons (Fsp3) is 0.706. The van der Waals surface area contributed by atoms with Gasteiger partial charge in [0.15, 0.2) is 0 Å². The molecule has 1 atom stereocenters. The fourth-order valence-electron chi connectivity index (χ4n) is 3.10. The largest absolute Gasteiger partial charge is 0.467 e. The van der Waals surface area contributed by atoms with E-state index in [1.54, 1.807) is 6.26 Å². The summed E-state index contributed by atoms with van der Waals surface area (Å²) in [6.07, 6.45) is 7.41. The quantitative estimate of drug-likeness (QED) is 0.905. The van der Waals surface area contributed by atoms with Crippen LogP contribution < -0.4 is 5.32 Å². The Balaban J connectivity index is 1.32. The molecule has 0 aliphatic carbocycles. The molecule has 3 heterocycles. The zero-order valence-corrected chi connectivity index (χ0v) is 13.5. The molecule has 1 aromatic rings. The smallest absolute Gasteiger partial charge is 0.317 e. The van der Waals surface area contributed by atoms with E-state index in [0.29, 0.717) is 13.2 Å². The number of nitrogens with one attached hydrogen (secondary N) is 1. The van der Waals surface area contributed by atoms with Crippen molar-refractivity contribution in [2.75, 3.05) is 26.3 Å². The number of furan rings is 1. The zero-order chi connectivity index (χ0) is 15.9. The van der Waals surface area contributed by atoms with Crippen LogP contribution in [0.2, 0.25) is 0 Å². The highest BCUT2D eigenvalue weighted by atomic mass is 16.5. The van der Waals surface area contributed by atoms with Crippen molar-refractivity contribution in [3.8, 4) is 0 Å². The summed E-state index contributed by atoms with van der Waals surface area (Å²) in [5.74, 6) is 0.768. The number of piperidine rings is 1. The second kappa shape index (κ2) is 8.36. The van der Waals surface area contributed by atoms with Gasteiger partial charge in [0, 0.05) is 19.7 Å². The van der Waals surface area contributed by atoms with Crippen LogP contribution in [0.5, 0.6) is 0 Å². The van der Waals surface area contributed by atoms with Crippen LogP contribution in [0.25, 0.3) is 0 Å². The first-order valence-corrected chi connectivity index (χ1v) is 8.59. The highest BCUT2D eigenvalue weighted by molar-refractivity contribution is 5.74. The Labute approximate surface area is 137 Å². The first-order chi connectivity index (χ1) is 11.3. The van der Waals surface area contributed by atoms with Crippen molar-refractivity contribution >= 4 is 6.03 Å². The maximum absolute atomic E-state index is 12.1. The SMILES string of the molecule is O=C(NCc1ccco1)N1CCC(OC[C@H]2CCCCO2)CC1. The summed E-state index contributed by atoms with van der Waals surface area (Å²) in [5, 5.41) is 2.89. The van der Waals surface area contributed by atoms with Crippen LogP contribution in [0.3, 0.4) is 0 Å². The maximum atomic E-state index is 12.1. The van der Waals surface area contributed by atoms with Crippen LogP contribution in [-0.4, -0.2) is 49.4 Å². The van der Waals surface area contributed by atoms with E-state index in [9.17, 15) is 4.79 Å². The summed E-state index contributed by atoms with van der Waals surface area (Å²) in [6, 6.07) is 3.64. The van der Waals surface area contributed by atoms with Gasteiger partial charge < -0.3 is 24.1 Å². The van der Waals surface area contributed by atoms with Gasteiger partial charge in [-0.2, -0.15) is 0 Å². The zero-order valence-electron chi connectivity index (χ0n) is 13.5. The van der Waals surface area contributed by atoms with Crippen molar-refractivity contribution in [3.05, 3.63) is 24.2 Å². The number of ether oxygens (including phenoxy) is 2. The molecule has 2 saturated heterocycles. The third-order valence-corrected chi connectivity index (χ3v) is 4.51. The second-order valence-electron chi connectivity index (χ2n) is 6.25. The van der Waals surface area contributed by atoms with Gasteiger partial charge in [-0.15, -0.1) is 0 Å². The molecule has 1 aromatic heterocycles. The molecule has 6 heteroatoms. The third kappa shape index (κ3) is 4.97. The molecule has 3 rings (SSSR count). The summed E-state index contributed by atoms with van der Waals surface area (Å²) in [6.45, 7) is 3.46. The summed E-state index contributed by atoms with van der Waals surface area (Å²) >= 11 is 0. The normalized spacial score (nSPS) is 23.0. The number of hydrogen-bond acceptors (Lipinski definition) is 4. The Morgan fingerprint density at radius 2 is 2.17 bits per heavy atom. The van der Waals surface area contributed by atoms with Gasteiger partial charge in [0.05, 0.1) is 31.6 Å². The molecule has 2 amide bonds. The lowest BCUT2D eigenvalue weighted by atomic mass is 10.1. The minimum absolute atomic E-state index is 0.0320. The number of likely N-dealkylation sites (tertiary alicyclic amines) is 1. The van der Waals surface area contributed by atoms with Crippen LogP contribution in [0.15, 0.2) is 22.8 Å². The van der Waals surface area contributed by atoms with Crippen molar-refractivity contribution < 1.29 is 18.7 Å². The lowest BCUT2D eigenvalue weighted by molar-refractivity contribution is -0.0728. The topological polar surface area (TPSA) is 63.9 Å². The fourth-order valence-corrected chi connectivity index (χ4v) is 3.10. The Kier molecular flexibility index (Phi) is 5.93. The van der Waals surface area contributed by atoms with Crippen molar-refractivity contribution in [2.45, 2.75) is 50.9 Å². The first-order valence-electron chi connectivity index (χ1n) is 8.59. The molecular weight excluding hydrogens is 296 g/mol. The molecule has 0 unspecified atom stereocenters.